The SMILES string of the molecule is COc1c(OCc2ccccc2)c2ccc(O[C@H]3O[C@H](COC(C)=O)[C@@H](OC(C)=O)[C@H](OC(C)=O)[C@@H]3OC(C)=O)cc2oc1=O. The molecule has 1 aliphatic rings. The zero-order chi connectivity index (χ0) is 32.7. The summed E-state index contributed by atoms with van der Waals surface area (Å²) in [7, 11) is 1.31. The molecule has 0 aliphatic carbocycles. The van der Waals surface area contributed by atoms with Gasteiger partial charge in [0.2, 0.25) is 18.1 Å². The molecule has 0 saturated carbocycles. The molecule has 45 heavy (non-hydrogen) atoms. The number of ether oxygens (including phenoxy) is 8. The number of hydrogen-bond donors (Lipinski definition) is 0. The van der Waals surface area contributed by atoms with Crippen LogP contribution in [-0.4, -0.2) is 68.3 Å². The third-order valence-corrected chi connectivity index (χ3v) is 6.42. The Labute approximate surface area is 257 Å². The van der Waals surface area contributed by atoms with Gasteiger partial charge in [-0.2, -0.15) is 0 Å². The third-order valence-electron chi connectivity index (χ3n) is 6.42. The van der Waals surface area contributed by atoms with Crippen LogP contribution in [0.4, 0.5) is 0 Å². The van der Waals surface area contributed by atoms with Crippen molar-refractivity contribution in [3.8, 4) is 17.2 Å². The van der Waals surface area contributed by atoms with Gasteiger partial charge in [-0.15, -0.1) is 0 Å². The summed E-state index contributed by atoms with van der Waals surface area (Å²) in [4.78, 5) is 60.5. The lowest BCUT2D eigenvalue weighted by atomic mass is 9.98. The van der Waals surface area contributed by atoms with Gasteiger partial charge in [-0.05, 0) is 17.7 Å². The first-order valence-electron chi connectivity index (χ1n) is 13.8. The summed E-state index contributed by atoms with van der Waals surface area (Å²) in [5.74, 6) is -2.91. The van der Waals surface area contributed by atoms with Crippen LogP contribution in [0.2, 0.25) is 0 Å². The van der Waals surface area contributed by atoms with Crippen molar-refractivity contribution >= 4 is 34.8 Å². The molecule has 240 valence electrons. The van der Waals surface area contributed by atoms with E-state index < -0.39 is 66.8 Å². The average Bonchev–Trinajstić information content (AvgIpc) is 2.97. The summed E-state index contributed by atoms with van der Waals surface area (Å²) in [6.07, 6.45) is -6.91. The molecule has 0 spiro atoms. The molecule has 0 radical (unpaired) electrons. The number of carbonyl (C=O) groups excluding carboxylic acids is 4. The molecule has 0 amide bonds. The molecule has 1 fully saturated rings. The monoisotopic (exact) mass is 628 g/mol. The summed E-state index contributed by atoms with van der Waals surface area (Å²) in [6.45, 7) is 4.22. The second-order valence-electron chi connectivity index (χ2n) is 9.87. The van der Waals surface area contributed by atoms with Crippen LogP contribution in [0.25, 0.3) is 11.0 Å². The van der Waals surface area contributed by atoms with Crippen molar-refractivity contribution in [3.05, 3.63) is 64.5 Å². The average molecular weight is 629 g/mol. The molecule has 5 atom stereocenters. The van der Waals surface area contributed by atoms with Gasteiger partial charge in [0.15, 0.2) is 18.0 Å². The van der Waals surface area contributed by atoms with Gasteiger partial charge < -0.3 is 42.3 Å². The Hall–Kier alpha value is -5.11. The molecular formula is C31H32O14. The van der Waals surface area contributed by atoms with Crippen molar-refractivity contribution in [3.63, 3.8) is 0 Å². The van der Waals surface area contributed by atoms with Crippen LogP contribution in [0.3, 0.4) is 0 Å². The fourth-order valence-electron chi connectivity index (χ4n) is 4.68. The first-order chi connectivity index (χ1) is 21.5. The Morgan fingerprint density at radius 3 is 2.04 bits per heavy atom. The van der Waals surface area contributed by atoms with E-state index in [4.69, 9.17) is 42.3 Å². The van der Waals surface area contributed by atoms with E-state index in [1.54, 1.807) is 6.07 Å². The molecule has 2 aromatic carbocycles. The minimum Gasteiger partial charge on any atom is -0.487 e. The van der Waals surface area contributed by atoms with Crippen LogP contribution in [0.15, 0.2) is 57.7 Å². The molecule has 1 aromatic heterocycles. The maximum atomic E-state index is 12.8. The summed E-state index contributed by atoms with van der Waals surface area (Å²) < 4.78 is 50.0. The number of rotatable bonds is 11. The molecule has 2 heterocycles. The standard InChI is InChI=1S/C31H32O14/c1-16(32)38-15-24-26(40-17(2)33)27(41-18(3)34)29(42-19(4)35)31(45-24)43-21-11-12-22-23(13-21)44-30(36)28(37-5)25(22)39-14-20-9-7-6-8-10-20/h6-13,24,26-27,29,31H,14-15H2,1-5H3/t24-,26-,27+,29+,31+/m1/s1. The van der Waals surface area contributed by atoms with Gasteiger partial charge in [0, 0.05) is 33.8 Å². The minimum atomic E-state index is -1.48. The van der Waals surface area contributed by atoms with E-state index >= 15 is 0 Å². The largest absolute Gasteiger partial charge is 0.487 e. The minimum absolute atomic E-state index is 0.0620. The highest BCUT2D eigenvalue weighted by molar-refractivity contribution is 5.86. The normalized spacial score (nSPS) is 20.9. The van der Waals surface area contributed by atoms with E-state index in [1.807, 2.05) is 30.3 Å². The van der Waals surface area contributed by atoms with Gasteiger partial charge in [-0.1, -0.05) is 30.3 Å². The molecule has 1 saturated heterocycles. The molecule has 14 nitrogen and oxygen atoms in total. The molecule has 0 bridgehead atoms. The summed E-state index contributed by atoms with van der Waals surface area (Å²) in [6, 6.07) is 13.7. The molecular weight excluding hydrogens is 596 g/mol. The van der Waals surface area contributed by atoms with Crippen LogP contribution < -0.4 is 19.8 Å². The first kappa shape index (κ1) is 32.8. The Bertz CT molecular complexity index is 1600. The maximum absolute atomic E-state index is 12.8. The Balaban J connectivity index is 1.71. The molecule has 14 heteroatoms. The Morgan fingerprint density at radius 2 is 1.42 bits per heavy atom. The van der Waals surface area contributed by atoms with Crippen molar-refractivity contribution in [2.24, 2.45) is 0 Å². The molecule has 3 aromatic rings. The topological polar surface area (TPSA) is 172 Å². The van der Waals surface area contributed by atoms with Crippen molar-refractivity contribution in [2.45, 2.75) is 65.0 Å². The zero-order valence-electron chi connectivity index (χ0n) is 25.1. The fourth-order valence-corrected chi connectivity index (χ4v) is 4.68. The van der Waals surface area contributed by atoms with Gasteiger partial charge >= 0.3 is 29.5 Å². The quantitative estimate of drug-likeness (QED) is 0.172. The number of fused-ring (bicyclic) bond motifs is 1. The molecule has 0 N–H and O–H groups in total. The highest BCUT2D eigenvalue weighted by Crippen LogP contribution is 2.36. The number of methoxy groups -OCH3 is 1. The fraction of sp³-hybridized carbons (Fsp3) is 0.387. The number of benzene rings is 2. The van der Waals surface area contributed by atoms with E-state index in [0.717, 1.165) is 26.3 Å². The van der Waals surface area contributed by atoms with Gasteiger partial charge in [0.1, 0.15) is 30.7 Å². The van der Waals surface area contributed by atoms with Gasteiger partial charge in [0.05, 0.1) is 12.5 Å². The molecule has 1 aliphatic heterocycles. The summed E-state index contributed by atoms with van der Waals surface area (Å²) in [5, 5.41) is 0.385. The summed E-state index contributed by atoms with van der Waals surface area (Å²) in [5.41, 5.74) is 0.106. The van der Waals surface area contributed by atoms with Crippen molar-refractivity contribution in [2.75, 3.05) is 13.7 Å². The van der Waals surface area contributed by atoms with E-state index in [-0.39, 0.29) is 29.4 Å². The maximum Gasteiger partial charge on any atom is 0.383 e. The third kappa shape index (κ3) is 8.29. The predicted octanol–water partition coefficient (Wildman–Crippen LogP) is 2.84. The molecule has 4 rings (SSSR count). The summed E-state index contributed by atoms with van der Waals surface area (Å²) >= 11 is 0. The van der Waals surface area contributed by atoms with E-state index in [9.17, 15) is 24.0 Å². The van der Waals surface area contributed by atoms with Crippen LogP contribution >= 0.6 is 0 Å². The van der Waals surface area contributed by atoms with Crippen LogP contribution in [0, 0.1) is 0 Å². The van der Waals surface area contributed by atoms with Crippen LogP contribution in [-0.2, 0) is 49.5 Å². The van der Waals surface area contributed by atoms with Gasteiger partial charge in [0.25, 0.3) is 0 Å². The van der Waals surface area contributed by atoms with Crippen molar-refractivity contribution in [1.29, 1.82) is 0 Å². The van der Waals surface area contributed by atoms with Crippen LogP contribution in [0.5, 0.6) is 17.2 Å². The van der Waals surface area contributed by atoms with E-state index in [0.29, 0.717) is 5.39 Å². The second-order valence-corrected chi connectivity index (χ2v) is 9.87. The number of carbonyl (C=O) groups is 4. The predicted molar refractivity (Wildman–Crippen MR) is 152 cm³/mol. The zero-order valence-corrected chi connectivity index (χ0v) is 25.1. The smallest absolute Gasteiger partial charge is 0.383 e. The number of esters is 4. The lowest BCUT2D eigenvalue weighted by molar-refractivity contribution is -0.288. The van der Waals surface area contributed by atoms with E-state index in [2.05, 4.69) is 0 Å². The number of hydrogen-bond acceptors (Lipinski definition) is 14. The highest BCUT2D eigenvalue weighted by Gasteiger charge is 2.53. The van der Waals surface area contributed by atoms with Crippen molar-refractivity contribution in [1.82, 2.24) is 0 Å². The lowest BCUT2D eigenvalue weighted by Crippen LogP contribution is -2.63. The first-order valence-corrected chi connectivity index (χ1v) is 13.8. The van der Waals surface area contributed by atoms with Gasteiger partial charge in [-0.3, -0.25) is 19.2 Å². The highest BCUT2D eigenvalue weighted by atomic mass is 16.7. The second kappa shape index (κ2) is 14.6. The Morgan fingerprint density at radius 1 is 0.778 bits per heavy atom. The van der Waals surface area contributed by atoms with Crippen LogP contribution in [0.1, 0.15) is 33.3 Å². The van der Waals surface area contributed by atoms with Gasteiger partial charge in [-0.25, -0.2) is 4.79 Å². The van der Waals surface area contributed by atoms with E-state index in [1.165, 1.54) is 26.2 Å². The molecule has 0 unspecified atom stereocenters. The Kier molecular flexibility index (Phi) is 10.6. The van der Waals surface area contributed by atoms with Crippen molar-refractivity contribution < 1.29 is 61.5 Å². The lowest BCUT2D eigenvalue weighted by Gasteiger charge is -2.43.